The third kappa shape index (κ3) is 4.77. The Morgan fingerprint density at radius 3 is 2.23 bits per heavy atom. The molecule has 26 heavy (non-hydrogen) atoms. The Labute approximate surface area is 157 Å². The second kappa shape index (κ2) is 9.06. The van der Waals surface area contributed by atoms with Crippen LogP contribution >= 0.6 is 0 Å². The minimum atomic E-state index is 0.319. The molecule has 1 heterocycles. The highest BCUT2D eigenvalue weighted by Crippen LogP contribution is 2.25. The van der Waals surface area contributed by atoms with E-state index >= 15 is 0 Å². The van der Waals surface area contributed by atoms with Gasteiger partial charge in [-0.05, 0) is 41.3 Å². The van der Waals surface area contributed by atoms with Crippen LogP contribution in [-0.4, -0.2) is 33.4 Å². The van der Waals surface area contributed by atoms with Crippen molar-refractivity contribution in [2.24, 2.45) is 5.92 Å². The fourth-order valence-corrected chi connectivity index (χ4v) is 3.42. The molecule has 2 aromatic carbocycles. The number of hydrogen-bond donors (Lipinski definition) is 1. The van der Waals surface area contributed by atoms with E-state index in [2.05, 4.69) is 60.5 Å². The molecule has 0 amide bonds. The van der Waals surface area contributed by atoms with Crippen LogP contribution in [0.25, 0.3) is 0 Å². The molecule has 1 atom stereocenters. The minimum Gasteiger partial charge on any atom is -0.497 e. The number of nitrogens with one attached hydrogen (secondary N) is 1. The zero-order chi connectivity index (χ0) is 18.4. The number of rotatable bonds is 7. The fourth-order valence-electron chi connectivity index (χ4n) is 3.42. The van der Waals surface area contributed by atoms with Gasteiger partial charge in [-0.2, -0.15) is 0 Å². The predicted molar refractivity (Wildman–Crippen MR) is 107 cm³/mol. The maximum Gasteiger partial charge on any atom is 0.118 e. The molecule has 1 unspecified atom stereocenters. The lowest BCUT2D eigenvalue weighted by Crippen LogP contribution is -2.36. The van der Waals surface area contributed by atoms with Crippen LogP contribution in [0.5, 0.6) is 5.75 Å². The van der Waals surface area contributed by atoms with Crippen LogP contribution in [-0.2, 0) is 11.3 Å². The normalized spacial score (nSPS) is 15.9. The van der Waals surface area contributed by atoms with Crippen molar-refractivity contribution in [2.45, 2.75) is 26.4 Å². The molecular weight excluding hydrogens is 324 g/mol. The molecule has 0 radical (unpaired) electrons. The van der Waals surface area contributed by atoms with Crippen molar-refractivity contribution in [2.75, 3.05) is 38.3 Å². The average molecular weight is 354 g/mol. The van der Waals surface area contributed by atoms with Crippen molar-refractivity contribution in [1.82, 2.24) is 5.32 Å². The zero-order valence-corrected chi connectivity index (χ0v) is 16.1. The number of anilines is 1. The molecule has 1 aliphatic rings. The summed E-state index contributed by atoms with van der Waals surface area (Å²) in [6.07, 6.45) is 0. The van der Waals surface area contributed by atoms with E-state index in [1.165, 1.54) is 16.8 Å². The molecule has 4 heteroatoms. The van der Waals surface area contributed by atoms with Gasteiger partial charge in [-0.1, -0.05) is 38.1 Å². The van der Waals surface area contributed by atoms with Crippen LogP contribution in [0.4, 0.5) is 5.69 Å². The molecule has 0 aromatic heterocycles. The van der Waals surface area contributed by atoms with Crippen LogP contribution in [0.15, 0.2) is 48.5 Å². The minimum absolute atomic E-state index is 0.319. The Kier molecular flexibility index (Phi) is 6.53. The molecule has 0 bridgehead atoms. The summed E-state index contributed by atoms with van der Waals surface area (Å²) in [6.45, 7) is 8.96. The number of benzene rings is 2. The quantitative estimate of drug-likeness (QED) is 0.814. The van der Waals surface area contributed by atoms with Crippen molar-refractivity contribution in [1.29, 1.82) is 0 Å². The third-order valence-electron chi connectivity index (χ3n) is 4.98. The SMILES string of the molecule is COc1ccc(C(NCc2ccc(N3CCOCC3)cc2)C(C)C)cc1. The van der Waals surface area contributed by atoms with Crippen molar-refractivity contribution in [3.63, 3.8) is 0 Å². The molecule has 0 aliphatic carbocycles. The maximum absolute atomic E-state index is 5.43. The van der Waals surface area contributed by atoms with E-state index in [1.807, 2.05) is 12.1 Å². The highest BCUT2D eigenvalue weighted by Gasteiger charge is 2.16. The molecule has 3 rings (SSSR count). The number of methoxy groups -OCH3 is 1. The number of nitrogens with zero attached hydrogens (tertiary/aromatic N) is 1. The maximum atomic E-state index is 5.43. The van der Waals surface area contributed by atoms with Crippen molar-refractivity contribution < 1.29 is 9.47 Å². The Hall–Kier alpha value is -2.04. The summed E-state index contributed by atoms with van der Waals surface area (Å²) in [6, 6.07) is 17.6. The van der Waals surface area contributed by atoms with Crippen LogP contribution < -0.4 is 15.0 Å². The first-order valence-electron chi connectivity index (χ1n) is 9.46. The lowest BCUT2D eigenvalue weighted by molar-refractivity contribution is 0.122. The molecule has 2 aromatic rings. The van der Waals surface area contributed by atoms with E-state index in [9.17, 15) is 0 Å². The number of hydrogen-bond acceptors (Lipinski definition) is 4. The van der Waals surface area contributed by atoms with Crippen LogP contribution in [0.3, 0.4) is 0 Å². The van der Waals surface area contributed by atoms with Gasteiger partial charge in [-0.15, -0.1) is 0 Å². The van der Waals surface area contributed by atoms with Crippen molar-refractivity contribution in [3.8, 4) is 5.75 Å². The van der Waals surface area contributed by atoms with Gasteiger partial charge in [-0.3, -0.25) is 0 Å². The summed E-state index contributed by atoms with van der Waals surface area (Å²) in [5.74, 6) is 1.41. The average Bonchev–Trinajstić information content (AvgIpc) is 2.69. The first-order valence-corrected chi connectivity index (χ1v) is 9.46. The van der Waals surface area contributed by atoms with Gasteiger partial charge in [0.05, 0.1) is 20.3 Å². The summed E-state index contributed by atoms with van der Waals surface area (Å²) in [5, 5.41) is 3.71. The van der Waals surface area contributed by atoms with E-state index < -0.39 is 0 Å². The largest absolute Gasteiger partial charge is 0.497 e. The second-order valence-electron chi connectivity index (χ2n) is 7.14. The Morgan fingerprint density at radius 2 is 1.65 bits per heavy atom. The third-order valence-corrected chi connectivity index (χ3v) is 4.98. The lowest BCUT2D eigenvalue weighted by Gasteiger charge is -2.29. The van der Waals surface area contributed by atoms with E-state index in [0.717, 1.165) is 38.6 Å². The van der Waals surface area contributed by atoms with Gasteiger partial charge in [0.25, 0.3) is 0 Å². The smallest absolute Gasteiger partial charge is 0.118 e. The van der Waals surface area contributed by atoms with Gasteiger partial charge < -0.3 is 19.7 Å². The Bertz CT molecular complexity index is 662. The summed E-state index contributed by atoms with van der Waals surface area (Å²) >= 11 is 0. The molecule has 140 valence electrons. The topological polar surface area (TPSA) is 33.7 Å². The molecule has 0 spiro atoms. The van der Waals surface area contributed by atoms with E-state index in [1.54, 1.807) is 7.11 Å². The Morgan fingerprint density at radius 1 is 1.00 bits per heavy atom. The van der Waals surface area contributed by atoms with Gasteiger partial charge in [-0.25, -0.2) is 0 Å². The summed E-state index contributed by atoms with van der Waals surface area (Å²) in [5.41, 5.74) is 3.89. The zero-order valence-electron chi connectivity index (χ0n) is 16.1. The predicted octanol–water partition coefficient (Wildman–Crippen LogP) is 4.02. The van der Waals surface area contributed by atoms with Gasteiger partial charge in [0.2, 0.25) is 0 Å². The molecule has 1 aliphatic heterocycles. The molecule has 1 saturated heterocycles. The van der Waals surface area contributed by atoms with Gasteiger partial charge in [0.15, 0.2) is 0 Å². The molecule has 4 nitrogen and oxygen atoms in total. The van der Waals surface area contributed by atoms with E-state index in [0.29, 0.717) is 12.0 Å². The van der Waals surface area contributed by atoms with Gasteiger partial charge >= 0.3 is 0 Å². The summed E-state index contributed by atoms with van der Waals surface area (Å²) < 4.78 is 10.7. The van der Waals surface area contributed by atoms with E-state index in [4.69, 9.17) is 9.47 Å². The fraction of sp³-hybridized carbons (Fsp3) is 0.455. The summed E-state index contributed by atoms with van der Waals surface area (Å²) in [4.78, 5) is 2.38. The highest BCUT2D eigenvalue weighted by atomic mass is 16.5. The van der Waals surface area contributed by atoms with Crippen molar-refractivity contribution >= 4 is 5.69 Å². The first kappa shape index (κ1) is 18.7. The number of ether oxygens (including phenoxy) is 2. The molecular formula is C22H30N2O2. The van der Waals surface area contributed by atoms with Crippen LogP contribution in [0, 0.1) is 5.92 Å². The monoisotopic (exact) mass is 354 g/mol. The first-order chi connectivity index (χ1) is 12.7. The van der Waals surface area contributed by atoms with E-state index in [-0.39, 0.29) is 0 Å². The Balaban J connectivity index is 1.61. The highest BCUT2D eigenvalue weighted by molar-refractivity contribution is 5.48. The number of morpholine rings is 1. The van der Waals surface area contributed by atoms with Gasteiger partial charge in [0, 0.05) is 31.4 Å². The molecule has 1 N–H and O–H groups in total. The molecule has 1 fully saturated rings. The molecule has 0 saturated carbocycles. The van der Waals surface area contributed by atoms with Crippen LogP contribution in [0.1, 0.15) is 31.0 Å². The lowest BCUT2D eigenvalue weighted by atomic mass is 9.95. The van der Waals surface area contributed by atoms with Crippen molar-refractivity contribution in [3.05, 3.63) is 59.7 Å². The van der Waals surface area contributed by atoms with Gasteiger partial charge in [0.1, 0.15) is 5.75 Å². The van der Waals surface area contributed by atoms with Crippen LogP contribution in [0.2, 0.25) is 0 Å². The standard InChI is InChI=1S/C22H30N2O2/c1-17(2)22(19-6-10-21(25-3)11-7-19)23-16-18-4-8-20(9-5-18)24-12-14-26-15-13-24/h4-11,17,22-23H,12-16H2,1-3H3. The second-order valence-corrected chi connectivity index (χ2v) is 7.14. The summed E-state index contributed by atoms with van der Waals surface area (Å²) in [7, 11) is 1.70.